The van der Waals surface area contributed by atoms with Crippen LogP contribution >= 0.6 is 11.8 Å². The van der Waals surface area contributed by atoms with Gasteiger partial charge in [0.1, 0.15) is 5.75 Å². The van der Waals surface area contributed by atoms with E-state index in [0.29, 0.717) is 11.7 Å². The number of amides is 1. The fraction of sp³-hybridized carbons (Fsp3) is 0.211. The van der Waals surface area contributed by atoms with Crippen molar-refractivity contribution >= 4 is 29.1 Å². The Morgan fingerprint density at radius 1 is 1.16 bits per heavy atom. The molecule has 0 aromatic heterocycles. The molecule has 1 fully saturated rings. The van der Waals surface area contributed by atoms with E-state index in [9.17, 15) is 4.79 Å². The Balaban J connectivity index is 1.74. The minimum Gasteiger partial charge on any atom is -0.497 e. The van der Waals surface area contributed by atoms with E-state index < -0.39 is 0 Å². The van der Waals surface area contributed by atoms with Crippen LogP contribution in [0.25, 0.3) is 0 Å². The molecule has 1 amide bonds. The molecule has 6 heteroatoms. The Morgan fingerprint density at radius 3 is 2.56 bits per heavy atom. The zero-order valence-corrected chi connectivity index (χ0v) is 14.9. The van der Waals surface area contributed by atoms with Crippen molar-refractivity contribution in [2.45, 2.75) is 18.7 Å². The highest BCUT2D eigenvalue weighted by Crippen LogP contribution is 2.28. The van der Waals surface area contributed by atoms with Crippen LogP contribution in [0, 0.1) is 0 Å². The second kappa shape index (κ2) is 7.98. The summed E-state index contributed by atoms with van der Waals surface area (Å²) in [5.74, 6) is 0.857. The Morgan fingerprint density at radius 2 is 1.88 bits per heavy atom. The van der Waals surface area contributed by atoms with Crippen molar-refractivity contribution in [3.05, 3.63) is 65.7 Å². The third kappa shape index (κ3) is 4.28. The smallest absolute Gasteiger partial charge is 0.242 e. The lowest BCUT2D eigenvalue weighted by atomic mass is 10.2. The molecule has 5 nitrogen and oxygen atoms in total. The van der Waals surface area contributed by atoms with E-state index in [-0.39, 0.29) is 11.2 Å². The zero-order valence-electron chi connectivity index (χ0n) is 14.1. The van der Waals surface area contributed by atoms with Crippen LogP contribution in [0.1, 0.15) is 18.1 Å². The predicted octanol–water partition coefficient (Wildman–Crippen LogP) is 3.55. The average Bonchev–Trinajstić information content (AvgIpc) is 2.91. The number of carbonyl (C=O) groups excluding carboxylic acids is 1. The van der Waals surface area contributed by atoms with Gasteiger partial charge in [-0.15, -0.1) is 5.10 Å². The fourth-order valence-corrected chi connectivity index (χ4v) is 3.33. The normalized spacial score (nSPS) is 19.1. The highest BCUT2D eigenvalue weighted by atomic mass is 32.2. The van der Waals surface area contributed by atoms with Crippen LogP contribution in [0.15, 0.2) is 64.8 Å². The fourth-order valence-electron chi connectivity index (χ4n) is 2.41. The molecular formula is C19H19N3O2S. The second-order valence-corrected chi connectivity index (χ2v) is 6.88. The standard InChI is InChI=1S/C19H19N3O2S/c1-14-18(23)22(13-16-6-4-3-5-7-16)19(25-14)21-20-12-15-8-10-17(24-2)11-9-15/h3-12,14H,13H2,1-2H3/b20-12-,21-19+/t14-/m0/s1. The average molecular weight is 353 g/mol. The van der Waals surface area contributed by atoms with Crippen LogP contribution in [0.4, 0.5) is 0 Å². The first-order chi connectivity index (χ1) is 12.2. The lowest BCUT2D eigenvalue weighted by Gasteiger charge is -2.15. The van der Waals surface area contributed by atoms with Crippen LogP contribution in [0.3, 0.4) is 0 Å². The van der Waals surface area contributed by atoms with Gasteiger partial charge in [0.25, 0.3) is 0 Å². The summed E-state index contributed by atoms with van der Waals surface area (Å²) in [7, 11) is 1.63. The molecule has 1 aliphatic rings. The van der Waals surface area contributed by atoms with Gasteiger partial charge in [0.2, 0.25) is 5.91 Å². The Hall–Kier alpha value is -2.60. The molecule has 0 N–H and O–H groups in total. The van der Waals surface area contributed by atoms with E-state index in [1.54, 1.807) is 18.2 Å². The van der Waals surface area contributed by atoms with E-state index in [4.69, 9.17) is 4.74 Å². The molecule has 0 spiro atoms. The van der Waals surface area contributed by atoms with Crippen molar-refractivity contribution < 1.29 is 9.53 Å². The largest absolute Gasteiger partial charge is 0.497 e. The topological polar surface area (TPSA) is 54.3 Å². The van der Waals surface area contributed by atoms with Crippen LogP contribution in [0.2, 0.25) is 0 Å². The number of thioether (sulfide) groups is 1. The SMILES string of the molecule is COc1ccc(/C=N\N=C2\S[C@@H](C)C(=O)N2Cc2ccccc2)cc1. The van der Waals surface area contributed by atoms with Crippen LogP contribution < -0.4 is 4.74 Å². The molecule has 0 saturated carbocycles. The van der Waals surface area contributed by atoms with Gasteiger partial charge in [-0.25, -0.2) is 0 Å². The lowest BCUT2D eigenvalue weighted by molar-refractivity contribution is -0.126. The van der Waals surface area contributed by atoms with E-state index in [1.165, 1.54) is 11.8 Å². The van der Waals surface area contributed by atoms with Crippen LogP contribution in [0.5, 0.6) is 5.75 Å². The maximum Gasteiger partial charge on any atom is 0.242 e. The van der Waals surface area contributed by atoms with Gasteiger partial charge < -0.3 is 4.74 Å². The first-order valence-electron chi connectivity index (χ1n) is 7.94. The highest BCUT2D eigenvalue weighted by Gasteiger charge is 2.35. The number of hydrogen-bond acceptors (Lipinski definition) is 5. The van der Waals surface area contributed by atoms with Crippen LogP contribution in [-0.4, -0.2) is 34.5 Å². The molecule has 2 aromatic rings. The van der Waals surface area contributed by atoms with E-state index in [2.05, 4.69) is 10.2 Å². The minimum absolute atomic E-state index is 0.0623. The number of benzene rings is 2. The molecule has 128 valence electrons. The quantitative estimate of drug-likeness (QED) is 0.610. The van der Waals surface area contributed by atoms with Crippen molar-refractivity contribution in [1.29, 1.82) is 0 Å². The molecule has 0 bridgehead atoms. The number of ether oxygens (including phenoxy) is 1. The predicted molar refractivity (Wildman–Crippen MR) is 102 cm³/mol. The van der Waals surface area contributed by atoms with E-state index in [1.807, 2.05) is 61.5 Å². The molecule has 3 rings (SSSR count). The maximum absolute atomic E-state index is 12.4. The van der Waals surface area contributed by atoms with Gasteiger partial charge in [-0.1, -0.05) is 42.1 Å². The Kier molecular flexibility index (Phi) is 5.50. The van der Waals surface area contributed by atoms with E-state index >= 15 is 0 Å². The molecule has 0 unspecified atom stereocenters. The summed E-state index contributed by atoms with van der Waals surface area (Å²) < 4.78 is 5.13. The lowest BCUT2D eigenvalue weighted by Crippen LogP contribution is -2.30. The maximum atomic E-state index is 12.4. The molecular weight excluding hydrogens is 334 g/mol. The van der Waals surface area contributed by atoms with Gasteiger partial charge in [-0.3, -0.25) is 9.69 Å². The second-order valence-electron chi connectivity index (χ2n) is 5.57. The summed E-state index contributed by atoms with van der Waals surface area (Å²) >= 11 is 1.43. The van der Waals surface area contributed by atoms with Crippen molar-refractivity contribution in [2.75, 3.05) is 7.11 Å². The van der Waals surface area contributed by atoms with Gasteiger partial charge in [0.05, 0.1) is 25.1 Å². The number of methoxy groups -OCH3 is 1. The van der Waals surface area contributed by atoms with Crippen molar-refractivity contribution in [2.24, 2.45) is 10.2 Å². The van der Waals surface area contributed by atoms with Gasteiger partial charge >= 0.3 is 0 Å². The van der Waals surface area contributed by atoms with Gasteiger partial charge in [0, 0.05) is 0 Å². The van der Waals surface area contributed by atoms with Crippen LogP contribution in [-0.2, 0) is 11.3 Å². The number of amidine groups is 1. The third-order valence-corrected chi connectivity index (χ3v) is 4.84. The number of hydrogen-bond donors (Lipinski definition) is 0. The monoisotopic (exact) mass is 353 g/mol. The first-order valence-corrected chi connectivity index (χ1v) is 8.82. The summed E-state index contributed by atoms with van der Waals surface area (Å²) in [4.78, 5) is 14.1. The third-order valence-electron chi connectivity index (χ3n) is 3.78. The molecule has 1 aliphatic heterocycles. The first kappa shape index (κ1) is 17.2. The molecule has 1 atom stereocenters. The van der Waals surface area contributed by atoms with Gasteiger partial charge in [-0.05, 0) is 42.3 Å². The Labute approximate surface area is 151 Å². The molecule has 0 radical (unpaired) electrons. The summed E-state index contributed by atoms with van der Waals surface area (Å²) in [6, 6.07) is 17.4. The van der Waals surface area contributed by atoms with Gasteiger partial charge in [-0.2, -0.15) is 5.10 Å². The molecule has 25 heavy (non-hydrogen) atoms. The van der Waals surface area contributed by atoms with E-state index in [0.717, 1.165) is 16.9 Å². The number of rotatable bonds is 5. The number of carbonyl (C=O) groups is 1. The Bertz CT molecular complexity index is 788. The van der Waals surface area contributed by atoms with Crippen molar-refractivity contribution in [3.8, 4) is 5.75 Å². The molecule has 2 aromatic carbocycles. The summed E-state index contributed by atoms with van der Waals surface area (Å²) in [6.07, 6.45) is 1.67. The summed E-state index contributed by atoms with van der Waals surface area (Å²) in [6.45, 7) is 2.40. The highest BCUT2D eigenvalue weighted by molar-refractivity contribution is 8.15. The van der Waals surface area contributed by atoms with Gasteiger partial charge in [0.15, 0.2) is 5.17 Å². The molecule has 1 heterocycles. The minimum atomic E-state index is -0.140. The van der Waals surface area contributed by atoms with Crippen molar-refractivity contribution in [1.82, 2.24) is 4.90 Å². The zero-order chi connectivity index (χ0) is 17.6. The molecule has 1 saturated heterocycles. The summed E-state index contributed by atoms with van der Waals surface area (Å²) in [5, 5.41) is 8.90. The number of nitrogens with zero attached hydrogens (tertiary/aromatic N) is 3. The molecule has 0 aliphatic carbocycles. The van der Waals surface area contributed by atoms with Crippen molar-refractivity contribution in [3.63, 3.8) is 0 Å². The summed E-state index contributed by atoms with van der Waals surface area (Å²) in [5.41, 5.74) is 1.99.